The van der Waals surface area contributed by atoms with Crippen molar-refractivity contribution < 1.29 is 14.3 Å². The van der Waals surface area contributed by atoms with Crippen LogP contribution in [0.3, 0.4) is 0 Å². The summed E-state index contributed by atoms with van der Waals surface area (Å²) in [6.07, 6.45) is 0.796. The first-order valence-electron chi connectivity index (χ1n) is 9.18. The number of nitrogens with one attached hydrogen (secondary N) is 2. The van der Waals surface area contributed by atoms with Crippen LogP contribution in [-0.4, -0.2) is 24.7 Å². The Hall–Kier alpha value is -3.38. The predicted octanol–water partition coefficient (Wildman–Crippen LogP) is 4.44. The maximum absolute atomic E-state index is 12.5. The number of benzene rings is 3. The van der Waals surface area contributed by atoms with Gasteiger partial charge in [0.05, 0.1) is 19.4 Å². The lowest BCUT2D eigenvalue weighted by molar-refractivity contribution is 0.0977. The molecule has 0 aliphatic heterocycles. The van der Waals surface area contributed by atoms with Crippen molar-refractivity contribution in [3.05, 3.63) is 90.0 Å². The molecular weight excluding hydrogens is 384 g/mol. The third kappa shape index (κ3) is 6.05. The van der Waals surface area contributed by atoms with Gasteiger partial charge in [0, 0.05) is 12.0 Å². The largest absolute Gasteiger partial charge is 0.495 e. The molecule has 3 aromatic carbocycles. The Morgan fingerprint density at radius 2 is 1.72 bits per heavy atom. The molecule has 1 amide bonds. The minimum atomic E-state index is -0.314. The molecule has 0 spiro atoms. The lowest BCUT2D eigenvalue weighted by Gasteiger charge is -2.13. The standard InChI is InChI=1S/C23H22N2O3S/c1-27-21-13-6-5-12-20(21)24-23(29)25-22(26)18-10-7-11-19(16-18)28-15-14-17-8-3-2-4-9-17/h2-13,16H,14-15H2,1H3,(H2,24,25,26,29). The van der Waals surface area contributed by atoms with Crippen molar-refractivity contribution in [1.82, 2.24) is 5.32 Å². The van der Waals surface area contributed by atoms with Crippen LogP contribution in [0.4, 0.5) is 5.69 Å². The molecule has 2 N–H and O–H groups in total. The van der Waals surface area contributed by atoms with Gasteiger partial charge in [0.1, 0.15) is 11.5 Å². The van der Waals surface area contributed by atoms with E-state index in [1.165, 1.54) is 5.56 Å². The van der Waals surface area contributed by atoms with Crippen molar-refractivity contribution in [2.45, 2.75) is 6.42 Å². The van der Waals surface area contributed by atoms with Gasteiger partial charge in [-0.3, -0.25) is 10.1 Å². The second-order valence-electron chi connectivity index (χ2n) is 6.22. The highest BCUT2D eigenvalue weighted by molar-refractivity contribution is 7.80. The van der Waals surface area contributed by atoms with Crippen LogP contribution in [0.25, 0.3) is 0 Å². The van der Waals surface area contributed by atoms with Crippen LogP contribution in [-0.2, 0) is 6.42 Å². The zero-order chi connectivity index (χ0) is 20.5. The second kappa shape index (κ2) is 10.2. The number of hydrogen-bond donors (Lipinski definition) is 2. The van der Waals surface area contributed by atoms with E-state index in [-0.39, 0.29) is 11.0 Å². The Kier molecular flexibility index (Phi) is 7.19. The Morgan fingerprint density at radius 1 is 0.966 bits per heavy atom. The molecule has 0 atom stereocenters. The van der Waals surface area contributed by atoms with Gasteiger partial charge < -0.3 is 14.8 Å². The number of amides is 1. The molecule has 29 heavy (non-hydrogen) atoms. The van der Waals surface area contributed by atoms with Crippen LogP contribution in [0.15, 0.2) is 78.9 Å². The Bertz CT molecular complexity index is 977. The molecule has 3 rings (SSSR count). The number of hydrogen-bond acceptors (Lipinski definition) is 4. The lowest BCUT2D eigenvalue weighted by Crippen LogP contribution is -2.34. The average molecular weight is 407 g/mol. The van der Waals surface area contributed by atoms with Crippen LogP contribution in [0.5, 0.6) is 11.5 Å². The van der Waals surface area contributed by atoms with E-state index < -0.39 is 0 Å². The van der Waals surface area contributed by atoms with E-state index in [1.54, 1.807) is 25.3 Å². The number of para-hydroxylation sites is 2. The molecule has 0 saturated heterocycles. The molecule has 0 unspecified atom stereocenters. The fourth-order valence-electron chi connectivity index (χ4n) is 2.74. The average Bonchev–Trinajstić information content (AvgIpc) is 2.75. The summed E-state index contributed by atoms with van der Waals surface area (Å²) >= 11 is 5.25. The highest BCUT2D eigenvalue weighted by Crippen LogP contribution is 2.22. The molecule has 3 aromatic rings. The maximum Gasteiger partial charge on any atom is 0.257 e. The molecule has 0 fully saturated rings. The van der Waals surface area contributed by atoms with Crippen LogP contribution < -0.4 is 20.1 Å². The number of carbonyl (C=O) groups excluding carboxylic acids is 1. The fraction of sp³-hybridized carbons (Fsp3) is 0.130. The van der Waals surface area contributed by atoms with E-state index in [1.807, 2.05) is 48.5 Å². The number of methoxy groups -OCH3 is 1. The fourth-order valence-corrected chi connectivity index (χ4v) is 2.94. The van der Waals surface area contributed by atoms with Crippen LogP contribution in [0.1, 0.15) is 15.9 Å². The van der Waals surface area contributed by atoms with Crippen LogP contribution >= 0.6 is 12.2 Å². The number of rotatable bonds is 7. The number of anilines is 1. The first-order valence-corrected chi connectivity index (χ1v) is 9.58. The minimum Gasteiger partial charge on any atom is -0.495 e. The van der Waals surface area contributed by atoms with E-state index in [9.17, 15) is 4.79 Å². The van der Waals surface area contributed by atoms with Gasteiger partial charge in [-0.2, -0.15) is 0 Å². The lowest BCUT2D eigenvalue weighted by atomic mass is 10.2. The highest BCUT2D eigenvalue weighted by Gasteiger charge is 2.10. The normalized spacial score (nSPS) is 10.1. The zero-order valence-corrected chi connectivity index (χ0v) is 16.9. The molecule has 0 heterocycles. The summed E-state index contributed by atoms with van der Waals surface area (Å²) in [5.74, 6) is 0.959. The Morgan fingerprint density at radius 3 is 2.52 bits per heavy atom. The highest BCUT2D eigenvalue weighted by atomic mass is 32.1. The summed E-state index contributed by atoms with van der Waals surface area (Å²) in [6.45, 7) is 0.531. The topological polar surface area (TPSA) is 59.6 Å². The minimum absolute atomic E-state index is 0.190. The summed E-state index contributed by atoms with van der Waals surface area (Å²) in [7, 11) is 1.57. The monoisotopic (exact) mass is 406 g/mol. The summed E-state index contributed by atoms with van der Waals surface area (Å²) in [5, 5.41) is 5.84. The molecule has 0 radical (unpaired) electrons. The summed E-state index contributed by atoms with van der Waals surface area (Å²) < 4.78 is 11.1. The van der Waals surface area contributed by atoms with E-state index in [0.29, 0.717) is 29.4 Å². The van der Waals surface area contributed by atoms with Gasteiger partial charge >= 0.3 is 0 Å². The first kappa shape index (κ1) is 20.4. The molecular formula is C23H22N2O3S. The number of carbonyl (C=O) groups is 1. The molecule has 0 aromatic heterocycles. The van der Waals surface area contributed by atoms with Crippen LogP contribution in [0.2, 0.25) is 0 Å². The molecule has 148 valence electrons. The van der Waals surface area contributed by atoms with Crippen molar-refractivity contribution in [1.29, 1.82) is 0 Å². The van der Waals surface area contributed by atoms with Crippen molar-refractivity contribution >= 4 is 28.9 Å². The van der Waals surface area contributed by atoms with Gasteiger partial charge in [-0.05, 0) is 48.1 Å². The molecule has 5 nitrogen and oxygen atoms in total. The predicted molar refractivity (Wildman–Crippen MR) is 119 cm³/mol. The van der Waals surface area contributed by atoms with Crippen molar-refractivity contribution in [2.75, 3.05) is 19.0 Å². The summed E-state index contributed by atoms with van der Waals surface area (Å²) in [4.78, 5) is 12.5. The van der Waals surface area contributed by atoms with Gasteiger partial charge in [0.15, 0.2) is 5.11 Å². The van der Waals surface area contributed by atoms with E-state index in [4.69, 9.17) is 21.7 Å². The Labute approximate surface area is 175 Å². The van der Waals surface area contributed by atoms with Crippen molar-refractivity contribution in [3.8, 4) is 11.5 Å². The summed E-state index contributed by atoms with van der Waals surface area (Å²) in [6, 6.07) is 24.5. The molecule has 6 heteroatoms. The van der Waals surface area contributed by atoms with Gasteiger partial charge in [-0.15, -0.1) is 0 Å². The van der Waals surface area contributed by atoms with Gasteiger partial charge in [0.2, 0.25) is 0 Å². The number of thiocarbonyl (C=S) groups is 1. The van der Waals surface area contributed by atoms with Gasteiger partial charge in [0.25, 0.3) is 5.91 Å². The third-order valence-electron chi connectivity index (χ3n) is 4.18. The quantitative estimate of drug-likeness (QED) is 0.568. The third-order valence-corrected chi connectivity index (χ3v) is 4.38. The van der Waals surface area contributed by atoms with E-state index in [0.717, 1.165) is 6.42 Å². The molecule has 0 aliphatic carbocycles. The number of ether oxygens (including phenoxy) is 2. The zero-order valence-electron chi connectivity index (χ0n) is 16.1. The summed E-state index contributed by atoms with van der Waals surface area (Å²) in [5.41, 5.74) is 2.35. The van der Waals surface area contributed by atoms with Gasteiger partial charge in [-0.1, -0.05) is 48.5 Å². The molecule has 0 bridgehead atoms. The maximum atomic E-state index is 12.5. The van der Waals surface area contributed by atoms with Crippen molar-refractivity contribution in [2.24, 2.45) is 0 Å². The Balaban J connectivity index is 1.55. The molecule has 0 saturated carbocycles. The smallest absolute Gasteiger partial charge is 0.257 e. The first-order chi connectivity index (χ1) is 14.2. The SMILES string of the molecule is COc1ccccc1NC(=S)NC(=O)c1cccc(OCCc2ccccc2)c1. The second-order valence-corrected chi connectivity index (χ2v) is 6.63. The molecule has 0 aliphatic rings. The van der Waals surface area contributed by atoms with Crippen molar-refractivity contribution in [3.63, 3.8) is 0 Å². The van der Waals surface area contributed by atoms with E-state index in [2.05, 4.69) is 22.8 Å². The van der Waals surface area contributed by atoms with Crippen LogP contribution in [0, 0.1) is 0 Å². The van der Waals surface area contributed by atoms with E-state index >= 15 is 0 Å². The van der Waals surface area contributed by atoms with Gasteiger partial charge in [-0.25, -0.2) is 0 Å².